The number of carbonyl (C=O) groups excluding carboxylic acids is 1. The summed E-state index contributed by atoms with van der Waals surface area (Å²) < 4.78 is 5.32. The van der Waals surface area contributed by atoms with Crippen LogP contribution in [0.4, 0.5) is 5.82 Å². The highest BCUT2D eigenvalue weighted by Gasteiger charge is 2.07. The Bertz CT molecular complexity index is 335. The smallest absolute Gasteiger partial charge is 0.269 e. The van der Waals surface area contributed by atoms with Gasteiger partial charge in [0.25, 0.3) is 5.91 Å². The van der Waals surface area contributed by atoms with Gasteiger partial charge in [0.05, 0.1) is 6.61 Å². The molecule has 0 aliphatic heterocycles. The van der Waals surface area contributed by atoms with Crippen LogP contribution in [0.5, 0.6) is 0 Å². The summed E-state index contributed by atoms with van der Waals surface area (Å²) in [5, 5.41) is 8.90. The number of amides is 1. The molecule has 0 aliphatic carbocycles. The Kier molecular flexibility index (Phi) is 4.78. The minimum Gasteiger partial charge on any atom is -0.382 e. The number of nitrogens with zero attached hydrogens (tertiary/aromatic N) is 1. The van der Waals surface area contributed by atoms with Crippen molar-refractivity contribution >= 4 is 11.7 Å². The SMILES string of the molecule is CC(C)COCCNC(=O)c1cc(N)n[nH]1. The van der Waals surface area contributed by atoms with E-state index in [0.29, 0.717) is 37.2 Å². The molecule has 0 fully saturated rings. The number of carbonyl (C=O) groups is 1. The van der Waals surface area contributed by atoms with E-state index in [0.717, 1.165) is 0 Å². The van der Waals surface area contributed by atoms with Crippen molar-refractivity contribution in [2.75, 3.05) is 25.5 Å². The van der Waals surface area contributed by atoms with Crippen molar-refractivity contribution in [1.82, 2.24) is 15.5 Å². The summed E-state index contributed by atoms with van der Waals surface area (Å²) in [7, 11) is 0. The van der Waals surface area contributed by atoms with Gasteiger partial charge in [0, 0.05) is 19.2 Å². The summed E-state index contributed by atoms with van der Waals surface area (Å²) in [6.07, 6.45) is 0. The standard InChI is InChI=1S/C10H18N4O2/c1-7(2)6-16-4-3-12-10(15)8-5-9(11)14-13-8/h5,7H,3-4,6H2,1-2H3,(H,12,15)(H3,11,13,14). The van der Waals surface area contributed by atoms with Crippen molar-refractivity contribution in [3.63, 3.8) is 0 Å². The fourth-order valence-corrected chi connectivity index (χ4v) is 1.10. The molecule has 0 saturated carbocycles. The first kappa shape index (κ1) is 12.5. The van der Waals surface area contributed by atoms with E-state index < -0.39 is 0 Å². The first-order valence-corrected chi connectivity index (χ1v) is 5.26. The Balaban J connectivity index is 2.16. The molecule has 1 aromatic heterocycles. The first-order chi connectivity index (χ1) is 7.59. The van der Waals surface area contributed by atoms with Gasteiger partial charge in [0.1, 0.15) is 11.5 Å². The van der Waals surface area contributed by atoms with Gasteiger partial charge in [-0.15, -0.1) is 0 Å². The van der Waals surface area contributed by atoms with E-state index in [-0.39, 0.29) is 5.91 Å². The number of aromatic amines is 1. The molecule has 6 heteroatoms. The summed E-state index contributed by atoms with van der Waals surface area (Å²) >= 11 is 0. The Hall–Kier alpha value is -1.56. The summed E-state index contributed by atoms with van der Waals surface area (Å²) in [6.45, 7) is 5.84. The molecule has 0 spiro atoms. The van der Waals surface area contributed by atoms with Crippen LogP contribution < -0.4 is 11.1 Å². The second kappa shape index (κ2) is 6.12. The van der Waals surface area contributed by atoms with Crippen LogP contribution in [0.1, 0.15) is 24.3 Å². The number of ether oxygens (including phenoxy) is 1. The van der Waals surface area contributed by atoms with Gasteiger partial charge in [-0.25, -0.2) is 0 Å². The van der Waals surface area contributed by atoms with Crippen molar-refractivity contribution in [2.24, 2.45) is 5.92 Å². The number of hydrogen-bond acceptors (Lipinski definition) is 4. The average Bonchev–Trinajstić information content (AvgIpc) is 2.63. The van der Waals surface area contributed by atoms with Crippen molar-refractivity contribution in [2.45, 2.75) is 13.8 Å². The maximum Gasteiger partial charge on any atom is 0.269 e. The van der Waals surface area contributed by atoms with Crippen LogP contribution in [0.15, 0.2) is 6.07 Å². The number of nitrogen functional groups attached to an aromatic ring is 1. The normalized spacial score (nSPS) is 10.7. The Labute approximate surface area is 94.5 Å². The largest absolute Gasteiger partial charge is 0.382 e. The predicted molar refractivity (Wildman–Crippen MR) is 61.0 cm³/mol. The van der Waals surface area contributed by atoms with Crippen LogP contribution >= 0.6 is 0 Å². The molecule has 1 heterocycles. The van der Waals surface area contributed by atoms with Crippen LogP contribution in [0.25, 0.3) is 0 Å². The van der Waals surface area contributed by atoms with Crippen LogP contribution in [0.2, 0.25) is 0 Å². The van der Waals surface area contributed by atoms with Gasteiger partial charge in [-0.3, -0.25) is 9.89 Å². The Morgan fingerprint density at radius 2 is 2.44 bits per heavy atom. The monoisotopic (exact) mass is 226 g/mol. The number of anilines is 1. The summed E-state index contributed by atoms with van der Waals surface area (Å²) in [5.41, 5.74) is 5.74. The topological polar surface area (TPSA) is 93.0 Å². The highest BCUT2D eigenvalue weighted by Crippen LogP contribution is 1.99. The van der Waals surface area contributed by atoms with Crippen molar-refractivity contribution in [3.8, 4) is 0 Å². The quantitative estimate of drug-likeness (QED) is 0.612. The zero-order valence-electron chi connectivity index (χ0n) is 9.62. The van der Waals surface area contributed by atoms with E-state index in [1.54, 1.807) is 0 Å². The van der Waals surface area contributed by atoms with E-state index in [2.05, 4.69) is 29.4 Å². The summed E-state index contributed by atoms with van der Waals surface area (Å²) in [5.74, 6) is 0.585. The molecule has 0 atom stereocenters. The van der Waals surface area contributed by atoms with Crippen LogP contribution in [0, 0.1) is 5.92 Å². The fourth-order valence-electron chi connectivity index (χ4n) is 1.10. The van der Waals surface area contributed by atoms with Crippen molar-refractivity contribution in [1.29, 1.82) is 0 Å². The lowest BCUT2D eigenvalue weighted by atomic mass is 10.2. The number of H-pyrrole nitrogens is 1. The molecule has 0 bridgehead atoms. The van der Waals surface area contributed by atoms with Gasteiger partial charge in [0.2, 0.25) is 0 Å². The average molecular weight is 226 g/mol. The van der Waals surface area contributed by atoms with Gasteiger partial charge in [-0.05, 0) is 5.92 Å². The molecule has 0 saturated heterocycles. The number of nitrogens with one attached hydrogen (secondary N) is 2. The lowest BCUT2D eigenvalue weighted by Crippen LogP contribution is -2.27. The van der Waals surface area contributed by atoms with Crippen LogP contribution in [-0.2, 0) is 4.74 Å². The second-order valence-corrected chi connectivity index (χ2v) is 3.93. The molecule has 0 aromatic carbocycles. The number of rotatable bonds is 6. The Morgan fingerprint density at radius 3 is 3.00 bits per heavy atom. The van der Waals surface area contributed by atoms with Crippen molar-refractivity contribution < 1.29 is 9.53 Å². The molecule has 1 amide bonds. The molecule has 0 unspecified atom stereocenters. The van der Waals surface area contributed by atoms with E-state index in [1.165, 1.54) is 6.07 Å². The van der Waals surface area contributed by atoms with E-state index in [1.807, 2.05) is 0 Å². The maximum atomic E-state index is 11.5. The lowest BCUT2D eigenvalue weighted by molar-refractivity contribution is 0.0882. The molecule has 0 aliphatic rings. The molecular weight excluding hydrogens is 208 g/mol. The number of nitrogens with two attached hydrogens (primary N) is 1. The molecular formula is C10H18N4O2. The van der Waals surface area contributed by atoms with Crippen LogP contribution in [0.3, 0.4) is 0 Å². The molecule has 6 nitrogen and oxygen atoms in total. The molecule has 16 heavy (non-hydrogen) atoms. The first-order valence-electron chi connectivity index (χ1n) is 5.26. The minimum absolute atomic E-state index is 0.225. The highest BCUT2D eigenvalue weighted by atomic mass is 16.5. The number of aromatic nitrogens is 2. The molecule has 0 radical (unpaired) electrons. The second-order valence-electron chi connectivity index (χ2n) is 3.93. The molecule has 1 rings (SSSR count). The van der Waals surface area contributed by atoms with Crippen molar-refractivity contribution in [3.05, 3.63) is 11.8 Å². The lowest BCUT2D eigenvalue weighted by Gasteiger charge is -2.07. The van der Waals surface area contributed by atoms with Gasteiger partial charge in [0.15, 0.2) is 0 Å². The van der Waals surface area contributed by atoms with Gasteiger partial charge in [-0.1, -0.05) is 13.8 Å². The third-order valence-corrected chi connectivity index (χ3v) is 1.83. The zero-order valence-corrected chi connectivity index (χ0v) is 9.62. The van der Waals surface area contributed by atoms with E-state index in [9.17, 15) is 4.79 Å². The van der Waals surface area contributed by atoms with Gasteiger partial charge >= 0.3 is 0 Å². The minimum atomic E-state index is -0.225. The molecule has 4 N–H and O–H groups in total. The predicted octanol–water partition coefficient (Wildman–Crippen LogP) is 0.394. The van der Waals surface area contributed by atoms with Crippen LogP contribution in [-0.4, -0.2) is 35.9 Å². The summed E-state index contributed by atoms with van der Waals surface area (Å²) in [6, 6.07) is 1.49. The fraction of sp³-hybridized carbons (Fsp3) is 0.600. The van der Waals surface area contributed by atoms with Gasteiger partial charge < -0.3 is 15.8 Å². The maximum absolute atomic E-state index is 11.5. The third kappa shape index (κ3) is 4.31. The molecule has 90 valence electrons. The third-order valence-electron chi connectivity index (χ3n) is 1.83. The highest BCUT2D eigenvalue weighted by molar-refractivity contribution is 5.92. The van der Waals surface area contributed by atoms with Gasteiger partial charge in [-0.2, -0.15) is 5.10 Å². The van der Waals surface area contributed by atoms with E-state index >= 15 is 0 Å². The number of hydrogen-bond donors (Lipinski definition) is 3. The Morgan fingerprint density at radius 1 is 1.69 bits per heavy atom. The molecule has 1 aromatic rings. The van der Waals surface area contributed by atoms with E-state index in [4.69, 9.17) is 10.5 Å². The zero-order chi connectivity index (χ0) is 12.0. The summed E-state index contributed by atoms with van der Waals surface area (Å²) in [4.78, 5) is 11.5.